The van der Waals surface area contributed by atoms with Crippen LogP contribution in [0.5, 0.6) is 0 Å². The average Bonchev–Trinajstić information content (AvgIpc) is 2.83. The summed E-state index contributed by atoms with van der Waals surface area (Å²) in [5.74, 6) is 1.07. The lowest BCUT2D eigenvalue weighted by molar-refractivity contribution is 0.590. The van der Waals surface area contributed by atoms with Crippen molar-refractivity contribution in [2.45, 2.75) is 46.2 Å². The molecular weight excluding hydrogens is 234 g/mol. The van der Waals surface area contributed by atoms with E-state index in [1.807, 2.05) is 12.4 Å². The second-order valence-corrected chi connectivity index (χ2v) is 5.81. The van der Waals surface area contributed by atoms with Crippen LogP contribution >= 0.6 is 0 Å². The number of aromatic nitrogens is 2. The highest BCUT2D eigenvalue weighted by Crippen LogP contribution is 2.23. The summed E-state index contributed by atoms with van der Waals surface area (Å²) in [7, 11) is 0. The molecule has 0 amide bonds. The normalized spacial score (nSPS) is 11.6. The largest absolute Gasteiger partial charge is 0.378 e. The van der Waals surface area contributed by atoms with Gasteiger partial charge in [-0.15, -0.1) is 0 Å². The van der Waals surface area contributed by atoms with E-state index in [2.05, 4.69) is 66.8 Å². The first-order chi connectivity index (χ1) is 9.00. The van der Waals surface area contributed by atoms with Gasteiger partial charge in [0.05, 0.1) is 6.54 Å². The summed E-state index contributed by atoms with van der Waals surface area (Å²) < 4.78 is 2.15. The van der Waals surface area contributed by atoms with E-state index < -0.39 is 0 Å². The number of nitrogens with zero attached hydrogens (tertiary/aromatic N) is 2. The molecule has 0 atom stereocenters. The van der Waals surface area contributed by atoms with Crippen LogP contribution in [-0.2, 0) is 18.5 Å². The zero-order valence-electron chi connectivity index (χ0n) is 12.3. The highest BCUT2D eigenvalue weighted by Gasteiger charge is 2.12. The molecule has 2 rings (SSSR count). The van der Waals surface area contributed by atoms with Crippen LogP contribution in [0.3, 0.4) is 0 Å². The minimum atomic E-state index is 0.205. The van der Waals surface area contributed by atoms with E-state index in [1.54, 1.807) is 0 Å². The Hall–Kier alpha value is -1.77. The van der Waals surface area contributed by atoms with Crippen molar-refractivity contribution in [1.82, 2.24) is 9.55 Å². The quantitative estimate of drug-likeness (QED) is 0.902. The molecule has 0 unspecified atom stereocenters. The molecule has 3 nitrogen and oxygen atoms in total. The second kappa shape index (κ2) is 5.47. The van der Waals surface area contributed by atoms with Crippen LogP contribution in [0.1, 0.15) is 39.1 Å². The Morgan fingerprint density at radius 2 is 1.84 bits per heavy atom. The van der Waals surface area contributed by atoms with Crippen molar-refractivity contribution in [3.63, 3.8) is 0 Å². The van der Waals surface area contributed by atoms with E-state index >= 15 is 0 Å². The summed E-state index contributed by atoms with van der Waals surface area (Å²) in [6.07, 6.45) is 3.86. The molecule has 1 heterocycles. The minimum Gasteiger partial charge on any atom is -0.378 e. The molecule has 0 radical (unpaired) electrons. The maximum atomic E-state index is 4.36. The van der Waals surface area contributed by atoms with Crippen LogP contribution < -0.4 is 5.32 Å². The van der Waals surface area contributed by atoms with Gasteiger partial charge in [0.15, 0.2) is 0 Å². The average molecular weight is 257 g/mol. The van der Waals surface area contributed by atoms with Crippen molar-refractivity contribution >= 4 is 5.69 Å². The van der Waals surface area contributed by atoms with Gasteiger partial charge in [-0.25, -0.2) is 4.98 Å². The SMILES string of the molecule is CCn1ccnc1CNc1ccc(C(C)(C)C)cc1. The highest BCUT2D eigenvalue weighted by atomic mass is 15.1. The summed E-state index contributed by atoms with van der Waals surface area (Å²) in [5.41, 5.74) is 2.70. The number of hydrogen-bond donors (Lipinski definition) is 1. The van der Waals surface area contributed by atoms with E-state index in [-0.39, 0.29) is 5.41 Å². The molecule has 3 heteroatoms. The molecule has 0 saturated carbocycles. The maximum Gasteiger partial charge on any atom is 0.128 e. The van der Waals surface area contributed by atoms with Gasteiger partial charge in [-0.1, -0.05) is 32.9 Å². The summed E-state index contributed by atoms with van der Waals surface area (Å²) >= 11 is 0. The third-order valence-corrected chi connectivity index (χ3v) is 3.34. The number of hydrogen-bond acceptors (Lipinski definition) is 2. The smallest absolute Gasteiger partial charge is 0.128 e. The molecule has 1 N–H and O–H groups in total. The number of anilines is 1. The zero-order chi connectivity index (χ0) is 13.9. The van der Waals surface area contributed by atoms with Gasteiger partial charge in [-0.2, -0.15) is 0 Å². The van der Waals surface area contributed by atoms with Gasteiger partial charge in [-0.05, 0) is 30.0 Å². The van der Waals surface area contributed by atoms with Crippen molar-refractivity contribution in [2.24, 2.45) is 0 Å². The van der Waals surface area contributed by atoms with Gasteiger partial charge in [0.25, 0.3) is 0 Å². The Balaban J connectivity index is 2.01. The first-order valence-electron chi connectivity index (χ1n) is 6.85. The van der Waals surface area contributed by atoms with Crippen molar-refractivity contribution < 1.29 is 0 Å². The molecule has 0 bridgehead atoms. The lowest BCUT2D eigenvalue weighted by Crippen LogP contribution is -2.11. The van der Waals surface area contributed by atoms with Crippen LogP contribution in [0.4, 0.5) is 5.69 Å². The standard InChI is InChI=1S/C16H23N3/c1-5-19-11-10-17-15(19)12-18-14-8-6-13(7-9-14)16(2,3)4/h6-11,18H,5,12H2,1-4H3. The van der Waals surface area contributed by atoms with Crippen molar-refractivity contribution in [2.75, 3.05) is 5.32 Å². The summed E-state index contributed by atoms with van der Waals surface area (Å²) in [6, 6.07) is 8.66. The van der Waals surface area contributed by atoms with Gasteiger partial charge in [-0.3, -0.25) is 0 Å². The maximum absolute atomic E-state index is 4.36. The van der Waals surface area contributed by atoms with E-state index in [0.717, 1.165) is 24.6 Å². The molecule has 1 aromatic carbocycles. The van der Waals surface area contributed by atoms with E-state index in [9.17, 15) is 0 Å². The summed E-state index contributed by atoms with van der Waals surface area (Å²) in [6.45, 7) is 10.5. The molecule has 2 aromatic rings. The first-order valence-corrected chi connectivity index (χ1v) is 6.85. The lowest BCUT2D eigenvalue weighted by Gasteiger charge is -2.19. The van der Waals surface area contributed by atoms with Crippen molar-refractivity contribution in [3.05, 3.63) is 48.0 Å². The number of imidazole rings is 1. The summed E-state index contributed by atoms with van der Waals surface area (Å²) in [4.78, 5) is 4.36. The number of aryl methyl sites for hydroxylation is 1. The Morgan fingerprint density at radius 1 is 1.16 bits per heavy atom. The molecule has 1 aromatic heterocycles. The third-order valence-electron chi connectivity index (χ3n) is 3.34. The van der Waals surface area contributed by atoms with Gasteiger partial charge < -0.3 is 9.88 Å². The Labute approximate surface area is 115 Å². The van der Waals surface area contributed by atoms with Crippen molar-refractivity contribution in [3.8, 4) is 0 Å². The van der Waals surface area contributed by atoms with E-state index in [0.29, 0.717) is 0 Å². The third kappa shape index (κ3) is 3.37. The van der Waals surface area contributed by atoms with Gasteiger partial charge in [0.1, 0.15) is 5.82 Å². The van der Waals surface area contributed by atoms with Crippen LogP contribution in [0, 0.1) is 0 Å². The van der Waals surface area contributed by atoms with Crippen LogP contribution in [-0.4, -0.2) is 9.55 Å². The molecular formula is C16H23N3. The first kappa shape index (κ1) is 13.7. The second-order valence-electron chi connectivity index (χ2n) is 5.81. The van der Waals surface area contributed by atoms with Crippen LogP contribution in [0.2, 0.25) is 0 Å². The van der Waals surface area contributed by atoms with Gasteiger partial charge in [0.2, 0.25) is 0 Å². The van der Waals surface area contributed by atoms with Crippen LogP contribution in [0.25, 0.3) is 0 Å². The Bertz CT molecular complexity index is 518. The predicted molar refractivity (Wildman–Crippen MR) is 80.4 cm³/mol. The molecule has 0 aliphatic heterocycles. The Morgan fingerprint density at radius 3 is 2.42 bits per heavy atom. The van der Waals surface area contributed by atoms with Crippen LogP contribution in [0.15, 0.2) is 36.7 Å². The molecule has 0 fully saturated rings. The fraction of sp³-hybridized carbons (Fsp3) is 0.438. The van der Waals surface area contributed by atoms with Gasteiger partial charge >= 0.3 is 0 Å². The summed E-state index contributed by atoms with van der Waals surface area (Å²) in [5, 5.41) is 3.42. The number of nitrogens with one attached hydrogen (secondary N) is 1. The molecule has 102 valence electrons. The van der Waals surface area contributed by atoms with Gasteiger partial charge in [0, 0.05) is 24.6 Å². The predicted octanol–water partition coefficient (Wildman–Crippen LogP) is 3.81. The van der Waals surface area contributed by atoms with E-state index in [4.69, 9.17) is 0 Å². The topological polar surface area (TPSA) is 29.9 Å². The fourth-order valence-corrected chi connectivity index (χ4v) is 2.06. The zero-order valence-corrected chi connectivity index (χ0v) is 12.3. The molecule has 0 aliphatic rings. The monoisotopic (exact) mass is 257 g/mol. The minimum absolute atomic E-state index is 0.205. The van der Waals surface area contributed by atoms with Crippen molar-refractivity contribution in [1.29, 1.82) is 0 Å². The highest BCUT2D eigenvalue weighted by molar-refractivity contribution is 5.45. The molecule has 19 heavy (non-hydrogen) atoms. The molecule has 0 spiro atoms. The van der Waals surface area contributed by atoms with E-state index in [1.165, 1.54) is 5.56 Å². The molecule has 0 saturated heterocycles. The number of rotatable bonds is 4. The fourth-order valence-electron chi connectivity index (χ4n) is 2.06. The number of benzene rings is 1. The Kier molecular flexibility index (Phi) is 3.93. The lowest BCUT2D eigenvalue weighted by atomic mass is 9.87. The molecule has 0 aliphatic carbocycles.